The summed E-state index contributed by atoms with van der Waals surface area (Å²) in [6.45, 7) is 2.86. The quantitative estimate of drug-likeness (QED) is 0.808. The van der Waals surface area contributed by atoms with E-state index in [1.165, 1.54) is 23.1 Å². The van der Waals surface area contributed by atoms with Gasteiger partial charge in [0.1, 0.15) is 0 Å². The zero-order chi connectivity index (χ0) is 13.7. The summed E-state index contributed by atoms with van der Waals surface area (Å²) in [7, 11) is 0. The summed E-state index contributed by atoms with van der Waals surface area (Å²) < 4.78 is 1.69. The lowest BCUT2D eigenvalue weighted by Gasteiger charge is -2.03. The summed E-state index contributed by atoms with van der Waals surface area (Å²) in [5, 5.41) is 11.8. The Hall–Kier alpha value is -0.640. The number of hydrogen-bond acceptors (Lipinski definition) is 9. The van der Waals surface area contributed by atoms with Crippen molar-refractivity contribution in [1.82, 2.24) is 25.1 Å². The monoisotopic (exact) mass is 334 g/mol. The minimum absolute atomic E-state index is 0.172. The van der Waals surface area contributed by atoms with Crippen LogP contribution < -0.4 is 5.32 Å². The van der Waals surface area contributed by atoms with Gasteiger partial charge in [-0.2, -0.15) is 15.0 Å². The topological polar surface area (TPSA) is 76.5 Å². The van der Waals surface area contributed by atoms with Gasteiger partial charge in [0.05, 0.1) is 0 Å². The standard InChI is InChI=1S/C9H11ClN6S3/c1-3-4-11-6-12-5(10)13-7(14-6)18-9-16-15-8(17-2)19-9/h3-4H2,1-2H3,(H,11,12,13,14). The maximum Gasteiger partial charge on any atom is 0.228 e. The van der Waals surface area contributed by atoms with Crippen LogP contribution in [0.1, 0.15) is 13.3 Å². The van der Waals surface area contributed by atoms with E-state index >= 15 is 0 Å². The Morgan fingerprint density at radius 1 is 1.21 bits per heavy atom. The van der Waals surface area contributed by atoms with Gasteiger partial charge in [-0.3, -0.25) is 0 Å². The first kappa shape index (κ1) is 14.8. The van der Waals surface area contributed by atoms with Crippen molar-refractivity contribution in [3.63, 3.8) is 0 Å². The number of halogens is 1. The van der Waals surface area contributed by atoms with Crippen molar-refractivity contribution >= 4 is 52.4 Å². The largest absolute Gasteiger partial charge is 0.354 e. The molecule has 0 spiro atoms. The van der Waals surface area contributed by atoms with Crippen LogP contribution >= 0.6 is 46.5 Å². The fraction of sp³-hybridized carbons (Fsp3) is 0.444. The average molecular weight is 335 g/mol. The third-order valence-corrected chi connectivity index (χ3v) is 4.85. The molecule has 0 aliphatic carbocycles. The normalized spacial score (nSPS) is 10.7. The first-order valence-corrected chi connectivity index (χ1v) is 8.65. The van der Waals surface area contributed by atoms with Gasteiger partial charge in [0.15, 0.2) is 8.68 Å². The molecule has 0 aromatic carbocycles. The Morgan fingerprint density at radius 2 is 2.00 bits per heavy atom. The molecule has 0 radical (unpaired) electrons. The number of thioether (sulfide) groups is 1. The molecular formula is C9H11ClN6S3. The molecule has 2 heterocycles. The third-order valence-electron chi connectivity index (χ3n) is 1.86. The Morgan fingerprint density at radius 3 is 2.68 bits per heavy atom. The van der Waals surface area contributed by atoms with Crippen LogP contribution in [0.15, 0.2) is 13.8 Å². The Balaban J connectivity index is 2.12. The summed E-state index contributed by atoms with van der Waals surface area (Å²) in [6.07, 6.45) is 2.95. The molecule has 2 aromatic heterocycles. The van der Waals surface area contributed by atoms with Gasteiger partial charge in [0.25, 0.3) is 0 Å². The van der Waals surface area contributed by atoms with E-state index < -0.39 is 0 Å². The summed E-state index contributed by atoms with van der Waals surface area (Å²) in [5.74, 6) is 0.485. The molecule has 2 rings (SSSR count). The van der Waals surface area contributed by atoms with Crippen molar-refractivity contribution in [3.05, 3.63) is 5.28 Å². The van der Waals surface area contributed by atoms with Gasteiger partial charge >= 0.3 is 0 Å². The number of nitrogens with zero attached hydrogens (tertiary/aromatic N) is 5. The Kier molecular flexibility index (Phi) is 5.61. The average Bonchev–Trinajstić information content (AvgIpc) is 2.83. The van der Waals surface area contributed by atoms with Crippen molar-refractivity contribution < 1.29 is 0 Å². The second-order valence-electron chi connectivity index (χ2n) is 3.28. The van der Waals surface area contributed by atoms with Crippen LogP contribution in [-0.4, -0.2) is 37.9 Å². The number of nitrogens with one attached hydrogen (secondary N) is 1. The van der Waals surface area contributed by atoms with Gasteiger partial charge in [-0.05, 0) is 36.0 Å². The van der Waals surface area contributed by atoms with Crippen LogP contribution in [0.4, 0.5) is 5.95 Å². The predicted octanol–water partition coefficient (Wildman–Crippen LogP) is 3.07. The maximum absolute atomic E-state index is 5.88. The molecule has 0 amide bonds. The molecule has 6 nitrogen and oxygen atoms in total. The van der Waals surface area contributed by atoms with Gasteiger partial charge in [0.2, 0.25) is 16.4 Å². The molecule has 0 saturated carbocycles. The molecule has 0 fully saturated rings. The fourth-order valence-electron chi connectivity index (χ4n) is 1.09. The van der Waals surface area contributed by atoms with Crippen LogP contribution in [0.3, 0.4) is 0 Å². The van der Waals surface area contributed by atoms with Gasteiger partial charge < -0.3 is 5.32 Å². The van der Waals surface area contributed by atoms with E-state index in [1.54, 1.807) is 11.8 Å². The molecule has 102 valence electrons. The summed E-state index contributed by atoms with van der Waals surface area (Å²) in [5.41, 5.74) is 0. The van der Waals surface area contributed by atoms with Gasteiger partial charge in [0, 0.05) is 6.54 Å². The van der Waals surface area contributed by atoms with Crippen LogP contribution in [-0.2, 0) is 0 Å². The molecule has 0 aliphatic rings. The van der Waals surface area contributed by atoms with Gasteiger partial charge in [-0.15, -0.1) is 10.2 Å². The van der Waals surface area contributed by atoms with Crippen molar-refractivity contribution in [2.45, 2.75) is 27.2 Å². The SMILES string of the molecule is CCCNc1nc(Cl)nc(Sc2nnc(SC)s2)n1. The van der Waals surface area contributed by atoms with E-state index in [2.05, 4.69) is 37.4 Å². The lowest BCUT2D eigenvalue weighted by molar-refractivity contribution is 0.874. The zero-order valence-corrected chi connectivity index (χ0v) is 13.5. The van der Waals surface area contributed by atoms with Crippen LogP contribution in [0.25, 0.3) is 0 Å². The molecule has 0 atom stereocenters. The number of hydrogen-bond donors (Lipinski definition) is 1. The van der Waals surface area contributed by atoms with Crippen molar-refractivity contribution in [3.8, 4) is 0 Å². The predicted molar refractivity (Wildman–Crippen MR) is 79.4 cm³/mol. The van der Waals surface area contributed by atoms with E-state index in [1.807, 2.05) is 6.26 Å². The summed E-state index contributed by atoms with van der Waals surface area (Å²) in [4.78, 5) is 12.4. The summed E-state index contributed by atoms with van der Waals surface area (Å²) in [6, 6.07) is 0. The van der Waals surface area contributed by atoms with E-state index in [0.29, 0.717) is 11.1 Å². The number of anilines is 1. The smallest absolute Gasteiger partial charge is 0.228 e. The number of aromatic nitrogens is 5. The molecule has 1 N–H and O–H groups in total. The zero-order valence-electron chi connectivity index (χ0n) is 10.3. The van der Waals surface area contributed by atoms with E-state index in [9.17, 15) is 0 Å². The molecule has 0 unspecified atom stereocenters. The molecule has 0 bridgehead atoms. The molecule has 2 aromatic rings. The lowest BCUT2D eigenvalue weighted by atomic mass is 10.5. The van der Waals surface area contributed by atoms with Crippen LogP contribution in [0, 0.1) is 0 Å². The second kappa shape index (κ2) is 7.22. The third kappa shape index (κ3) is 4.44. The second-order valence-corrected chi connectivity index (χ2v) is 6.86. The van der Waals surface area contributed by atoms with E-state index in [4.69, 9.17) is 11.6 Å². The lowest BCUT2D eigenvalue weighted by Crippen LogP contribution is -2.06. The van der Waals surface area contributed by atoms with Crippen molar-refractivity contribution in [1.29, 1.82) is 0 Å². The fourth-order valence-corrected chi connectivity index (χ4v) is 3.60. The highest BCUT2D eigenvalue weighted by atomic mass is 35.5. The first-order valence-electron chi connectivity index (χ1n) is 5.42. The van der Waals surface area contributed by atoms with Gasteiger partial charge in [-0.25, -0.2) is 0 Å². The van der Waals surface area contributed by atoms with Crippen molar-refractivity contribution in [2.75, 3.05) is 18.1 Å². The Bertz CT molecular complexity index is 549. The first-order chi connectivity index (χ1) is 9.21. The van der Waals surface area contributed by atoms with Gasteiger partial charge in [-0.1, -0.05) is 30.0 Å². The summed E-state index contributed by atoms with van der Waals surface area (Å²) >= 11 is 10.3. The molecule has 10 heteroatoms. The number of rotatable bonds is 6. The molecular weight excluding hydrogens is 324 g/mol. The highest BCUT2D eigenvalue weighted by Crippen LogP contribution is 2.31. The van der Waals surface area contributed by atoms with Crippen LogP contribution in [0.5, 0.6) is 0 Å². The molecule has 0 aliphatic heterocycles. The minimum Gasteiger partial charge on any atom is -0.354 e. The molecule has 19 heavy (non-hydrogen) atoms. The van der Waals surface area contributed by atoms with E-state index in [0.717, 1.165) is 21.6 Å². The van der Waals surface area contributed by atoms with Crippen molar-refractivity contribution in [2.24, 2.45) is 0 Å². The molecule has 0 saturated heterocycles. The Labute approximate surface area is 128 Å². The minimum atomic E-state index is 0.172. The highest BCUT2D eigenvalue weighted by Gasteiger charge is 2.10. The van der Waals surface area contributed by atoms with Crippen LogP contribution in [0.2, 0.25) is 5.28 Å². The maximum atomic E-state index is 5.88. The van der Waals surface area contributed by atoms with E-state index in [-0.39, 0.29) is 5.28 Å². The highest BCUT2D eigenvalue weighted by molar-refractivity contribution is 8.02.